The number of hydrogen-bond acceptors (Lipinski definition) is 2. The second-order valence-corrected chi connectivity index (χ2v) is 6.91. The van der Waals surface area contributed by atoms with Crippen molar-refractivity contribution >= 4 is 11.7 Å². The van der Waals surface area contributed by atoms with Crippen molar-refractivity contribution in [3.8, 4) is 0 Å². The minimum absolute atomic E-state index is 0.0758. The summed E-state index contributed by atoms with van der Waals surface area (Å²) >= 11 is 0. The molecule has 3 heteroatoms. The lowest BCUT2D eigenvalue weighted by atomic mass is 9.82. The van der Waals surface area contributed by atoms with Crippen LogP contribution in [0.1, 0.15) is 53.6 Å². The fourth-order valence-electron chi connectivity index (χ4n) is 3.59. The van der Waals surface area contributed by atoms with Crippen LogP contribution in [-0.2, 0) is 4.79 Å². The van der Waals surface area contributed by atoms with Crippen molar-refractivity contribution in [3.63, 3.8) is 0 Å². The average Bonchev–Trinajstić information content (AvgIpc) is 2.45. The zero-order chi connectivity index (χ0) is 15.7. The monoisotopic (exact) mass is 299 g/mol. The van der Waals surface area contributed by atoms with Crippen molar-refractivity contribution in [2.75, 3.05) is 13.1 Å². The van der Waals surface area contributed by atoms with Gasteiger partial charge in [-0.3, -0.25) is 9.59 Å². The van der Waals surface area contributed by atoms with Crippen molar-refractivity contribution in [2.24, 2.45) is 11.8 Å². The molecule has 0 unspecified atom stereocenters. The Labute approximate surface area is 132 Å². The van der Waals surface area contributed by atoms with E-state index in [9.17, 15) is 9.59 Å². The Kier molecular flexibility index (Phi) is 4.32. The van der Waals surface area contributed by atoms with Gasteiger partial charge in [-0.25, -0.2) is 0 Å². The maximum atomic E-state index is 12.7. The Morgan fingerprint density at radius 1 is 1.00 bits per heavy atom. The molecule has 0 bridgehead atoms. The Hall–Kier alpha value is -1.64. The quantitative estimate of drug-likeness (QED) is 0.801. The smallest absolute Gasteiger partial charge is 0.225 e. The molecule has 1 saturated heterocycles. The summed E-state index contributed by atoms with van der Waals surface area (Å²) in [6.07, 6.45) is 4.92. The molecule has 1 aromatic carbocycles. The lowest BCUT2D eigenvalue weighted by Crippen LogP contribution is -2.44. The van der Waals surface area contributed by atoms with Gasteiger partial charge in [0.15, 0.2) is 5.78 Å². The van der Waals surface area contributed by atoms with E-state index >= 15 is 0 Å². The molecule has 1 amide bonds. The van der Waals surface area contributed by atoms with E-state index in [1.165, 1.54) is 12.0 Å². The van der Waals surface area contributed by atoms with Gasteiger partial charge in [0.2, 0.25) is 5.91 Å². The van der Waals surface area contributed by atoms with E-state index in [0.29, 0.717) is 5.91 Å². The minimum atomic E-state index is 0.0758. The van der Waals surface area contributed by atoms with E-state index in [1.54, 1.807) is 0 Å². The second kappa shape index (κ2) is 6.23. The largest absolute Gasteiger partial charge is 0.342 e. The summed E-state index contributed by atoms with van der Waals surface area (Å²) in [5.41, 5.74) is 3.11. The second-order valence-electron chi connectivity index (χ2n) is 6.91. The highest BCUT2D eigenvalue weighted by atomic mass is 16.2. The highest BCUT2D eigenvalue weighted by Gasteiger charge is 2.33. The first-order valence-corrected chi connectivity index (χ1v) is 8.46. The van der Waals surface area contributed by atoms with Gasteiger partial charge in [-0.15, -0.1) is 0 Å². The molecule has 1 heterocycles. The van der Waals surface area contributed by atoms with Crippen molar-refractivity contribution in [2.45, 2.75) is 46.0 Å². The fourth-order valence-corrected chi connectivity index (χ4v) is 3.59. The number of Topliss-reactive ketones (excluding diaryl/α,β-unsaturated/α-hetero) is 1. The summed E-state index contributed by atoms with van der Waals surface area (Å²) in [6.45, 7) is 5.55. The standard InChI is InChI=1S/C19H25NO2/c1-13-6-7-17(14(2)12-13)18(21)15-8-10-20(11-9-15)19(22)16-4-3-5-16/h6-7,12,15-16H,3-5,8-11H2,1-2H3. The van der Waals surface area contributed by atoms with Crippen LogP contribution in [0.5, 0.6) is 0 Å². The minimum Gasteiger partial charge on any atom is -0.342 e. The molecule has 2 fully saturated rings. The predicted molar refractivity (Wildman–Crippen MR) is 86.9 cm³/mol. The molecule has 1 saturated carbocycles. The van der Waals surface area contributed by atoms with Crippen LogP contribution in [0.3, 0.4) is 0 Å². The number of piperidine rings is 1. The molecule has 3 nitrogen and oxygen atoms in total. The van der Waals surface area contributed by atoms with Crippen LogP contribution < -0.4 is 0 Å². The van der Waals surface area contributed by atoms with E-state index < -0.39 is 0 Å². The number of nitrogens with zero attached hydrogens (tertiary/aromatic N) is 1. The molecular weight excluding hydrogens is 274 g/mol. The zero-order valence-corrected chi connectivity index (χ0v) is 13.6. The molecule has 0 spiro atoms. The van der Waals surface area contributed by atoms with Crippen molar-refractivity contribution in [3.05, 3.63) is 34.9 Å². The predicted octanol–water partition coefficient (Wildman–Crippen LogP) is 3.52. The third kappa shape index (κ3) is 2.94. The fraction of sp³-hybridized carbons (Fsp3) is 0.579. The van der Waals surface area contributed by atoms with Gasteiger partial charge in [0.1, 0.15) is 0 Å². The summed E-state index contributed by atoms with van der Waals surface area (Å²) in [7, 11) is 0. The first-order chi connectivity index (χ1) is 10.6. The third-order valence-electron chi connectivity index (χ3n) is 5.28. The number of hydrogen-bond donors (Lipinski definition) is 0. The van der Waals surface area contributed by atoms with Crippen molar-refractivity contribution in [1.29, 1.82) is 0 Å². The van der Waals surface area contributed by atoms with Crippen LogP contribution in [0.4, 0.5) is 0 Å². The Bertz CT molecular complexity index is 581. The van der Waals surface area contributed by atoms with Gasteiger partial charge in [0, 0.05) is 30.5 Å². The van der Waals surface area contributed by atoms with Crippen molar-refractivity contribution < 1.29 is 9.59 Å². The van der Waals surface area contributed by atoms with Crippen LogP contribution in [0.15, 0.2) is 18.2 Å². The van der Waals surface area contributed by atoms with Gasteiger partial charge in [-0.1, -0.05) is 30.2 Å². The number of amides is 1. The summed E-state index contributed by atoms with van der Waals surface area (Å²) in [4.78, 5) is 26.9. The van der Waals surface area contributed by atoms with Crippen LogP contribution in [0.25, 0.3) is 0 Å². The summed E-state index contributed by atoms with van der Waals surface area (Å²) < 4.78 is 0. The van der Waals surface area contributed by atoms with Crippen LogP contribution in [0.2, 0.25) is 0 Å². The maximum Gasteiger partial charge on any atom is 0.225 e. The first kappa shape index (κ1) is 15.3. The summed E-state index contributed by atoms with van der Waals surface area (Å²) in [5.74, 6) is 0.926. The number of rotatable bonds is 3. The molecule has 0 atom stereocenters. The molecule has 0 radical (unpaired) electrons. The Balaban J connectivity index is 1.60. The molecule has 2 aliphatic rings. The topological polar surface area (TPSA) is 37.4 Å². The Morgan fingerprint density at radius 3 is 2.23 bits per heavy atom. The number of likely N-dealkylation sites (tertiary alicyclic amines) is 1. The maximum absolute atomic E-state index is 12.7. The van der Waals surface area contributed by atoms with Crippen LogP contribution in [-0.4, -0.2) is 29.7 Å². The number of ketones is 1. The zero-order valence-electron chi connectivity index (χ0n) is 13.6. The van der Waals surface area contributed by atoms with Gasteiger partial charge in [-0.05, 0) is 45.1 Å². The molecular formula is C19H25NO2. The van der Waals surface area contributed by atoms with Gasteiger partial charge in [0.25, 0.3) is 0 Å². The molecule has 1 aliphatic heterocycles. The normalized spacial score (nSPS) is 19.8. The molecule has 22 heavy (non-hydrogen) atoms. The first-order valence-electron chi connectivity index (χ1n) is 8.46. The lowest BCUT2D eigenvalue weighted by molar-refractivity contribution is -0.139. The van der Waals surface area contributed by atoms with E-state index in [1.807, 2.05) is 30.9 Å². The lowest BCUT2D eigenvalue weighted by Gasteiger charge is -2.36. The molecule has 0 aromatic heterocycles. The SMILES string of the molecule is Cc1ccc(C(=O)C2CCN(C(=O)C3CCC3)CC2)c(C)c1. The average molecular weight is 299 g/mol. The van der Waals surface area contributed by atoms with E-state index in [0.717, 1.165) is 49.9 Å². The van der Waals surface area contributed by atoms with Gasteiger partial charge in [0.05, 0.1) is 0 Å². The molecule has 1 aromatic rings. The number of benzene rings is 1. The third-order valence-corrected chi connectivity index (χ3v) is 5.28. The Morgan fingerprint density at radius 2 is 1.68 bits per heavy atom. The van der Waals surface area contributed by atoms with Gasteiger partial charge in [-0.2, -0.15) is 0 Å². The van der Waals surface area contributed by atoms with Crippen molar-refractivity contribution in [1.82, 2.24) is 4.90 Å². The van der Waals surface area contributed by atoms with Gasteiger partial charge < -0.3 is 4.90 Å². The summed E-state index contributed by atoms with van der Waals surface area (Å²) in [6, 6.07) is 6.04. The highest BCUT2D eigenvalue weighted by molar-refractivity contribution is 5.99. The molecule has 0 N–H and O–H groups in total. The van der Waals surface area contributed by atoms with Crippen LogP contribution in [0, 0.1) is 25.7 Å². The highest BCUT2D eigenvalue weighted by Crippen LogP contribution is 2.31. The number of aryl methyl sites for hydroxylation is 2. The number of carbonyl (C=O) groups excluding carboxylic acids is 2. The molecule has 3 rings (SSSR count). The van der Waals surface area contributed by atoms with E-state index in [-0.39, 0.29) is 17.6 Å². The number of carbonyl (C=O) groups is 2. The van der Waals surface area contributed by atoms with Crippen LogP contribution >= 0.6 is 0 Å². The van der Waals surface area contributed by atoms with E-state index in [4.69, 9.17) is 0 Å². The molecule has 118 valence electrons. The van der Waals surface area contributed by atoms with Gasteiger partial charge >= 0.3 is 0 Å². The summed E-state index contributed by atoms with van der Waals surface area (Å²) in [5, 5.41) is 0. The van der Waals surface area contributed by atoms with E-state index in [2.05, 4.69) is 6.07 Å². The molecule has 1 aliphatic carbocycles.